The van der Waals surface area contributed by atoms with Crippen molar-refractivity contribution in [3.63, 3.8) is 0 Å². The Balaban J connectivity index is 0.00000200. The summed E-state index contributed by atoms with van der Waals surface area (Å²) < 4.78 is 0. The molecule has 0 bridgehead atoms. The SMILES string of the molecule is CCCc1nc(C)c(C(=O)NCCC2CCNC2)s1.Cl.Cl. The van der Waals surface area contributed by atoms with Gasteiger partial charge in [-0.3, -0.25) is 4.79 Å². The standard InChI is InChI=1S/C14H23N3OS.2ClH/c1-3-4-12-17-10(2)13(19-12)14(18)16-8-6-11-5-7-15-9-11;;/h11,15H,3-9H2,1-2H3,(H,16,18);2*1H. The number of nitrogens with one attached hydrogen (secondary N) is 2. The molecular formula is C14H25Cl2N3OS. The molecule has 0 radical (unpaired) electrons. The Kier molecular flexibility index (Phi) is 10.2. The summed E-state index contributed by atoms with van der Waals surface area (Å²) in [4.78, 5) is 17.3. The van der Waals surface area contributed by atoms with Crippen molar-refractivity contribution in [2.24, 2.45) is 5.92 Å². The summed E-state index contributed by atoms with van der Waals surface area (Å²) in [6.07, 6.45) is 4.34. The number of halogens is 2. The Hall–Kier alpha value is -0.360. The monoisotopic (exact) mass is 353 g/mol. The predicted octanol–water partition coefficient (Wildman–Crippen LogP) is 2.98. The van der Waals surface area contributed by atoms with E-state index in [0.29, 0.717) is 0 Å². The molecule has 2 heterocycles. The zero-order valence-corrected chi connectivity index (χ0v) is 15.1. The van der Waals surface area contributed by atoms with Crippen LogP contribution in [-0.4, -0.2) is 30.5 Å². The van der Waals surface area contributed by atoms with Crippen molar-refractivity contribution in [2.75, 3.05) is 19.6 Å². The lowest BCUT2D eigenvalue weighted by Crippen LogP contribution is -2.26. The quantitative estimate of drug-likeness (QED) is 0.826. The zero-order valence-electron chi connectivity index (χ0n) is 12.6. The fourth-order valence-corrected chi connectivity index (χ4v) is 3.50. The molecule has 1 unspecified atom stereocenters. The molecule has 4 nitrogen and oxygen atoms in total. The second-order valence-corrected chi connectivity index (χ2v) is 6.26. The van der Waals surface area contributed by atoms with Gasteiger partial charge in [-0.05, 0) is 51.6 Å². The number of rotatable bonds is 6. The van der Waals surface area contributed by atoms with Crippen molar-refractivity contribution in [3.8, 4) is 0 Å². The van der Waals surface area contributed by atoms with Crippen LogP contribution in [0.4, 0.5) is 0 Å². The highest BCUT2D eigenvalue weighted by Crippen LogP contribution is 2.19. The lowest BCUT2D eigenvalue weighted by Gasteiger charge is -2.08. The van der Waals surface area contributed by atoms with E-state index in [1.807, 2.05) is 6.92 Å². The van der Waals surface area contributed by atoms with E-state index in [4.69, 9.17) is 0 Å². The van der Waals surface area contributed by atoms with E-state index in [1.165, 1.54) is 17.8 Å². The van der Waals surface area contributed by atoms with Crippen LogP contribution in [0.5, 0.6) is 0 Å². The maximum Gasteiger partial charge on any atom is 0.263 e. The number of amides is 1. The number of carbonyl (C=O) groups is 1. The van der Waals surface area contributed by atoms with E-state index in [-0.39, 0.29) is 30.7 Å². The van der Waals surface area contributed by atoms with Crippen LogP contribution in [0.2, 0.25) is 0 Å². The molecule has 7 heteroatoms. The number of aromatic nitrogens is 1. The Morgan fingerprint density at radius 2 is 2.24 bits per heavy atom. The highest BCUT2D eigenvalue weighted by molar-refractivity contribution is 7.13. The first kappa shape index (κ1) is 20.6. The minimum absolute atomic E-state index is 0. The minimum Gasteiger partial charge on any atom is -0.351 e. The molecule has 1 amide bonds. The van der Waals surface area contributed by atoms with Crippen LogP contribution in [0.1, 0.15) is 46.6 Å². The van der Waals surface area contributed by atoms with Gasteiger partial charge in [-0.15, -0.1) is 36.2 Å². The number of hydrogen-bond acceptors (Lipinski definition) is 4. The number of aryl methyl sites for hydroxylation is 2. The van der Waals surface area contributed by atoms with Gasteiger partial charge in [-0.1, -0.05) is 6.92 Å². The smallest absolute Gasteiger partial charge is 0.263 e. The van der Waals surface area contributed by atoms with Gasteiger partial charge in [-0.25, -0.2) is 4.98 Å². The van der Waals surface area contributed by atoms with Gasteiger partial charge in [0.15, 0.2) is 0 Å². The lowest BCUT2D eigenvalue weighted by molar-refractivity contribution is 0.0955. The van der Waals surface area contributed by atoms with Crippen LogP contribution in [0, 0.1) is 12.8 Å². The number of hydrogen-bond donors (Lipinski definition) is 2. The molecule has 21 heavy (non-hydrogen) atoms. The molecule has 1 fully saturated rings. The fourth-order valence-electron chi connectivity index (χ4n) is 2.41. The Bertz CT molecular complexity index is 434. The largest absolute Gasteiger partial charge is 0.351 e. The van der Waals surface area contributed by atoms with Gasteiger partial charge >= 0.3 is 0 Å². The van der Waals surface area contributed by atoms with E-state index in [2.05, 4.69) is 22.5 Å². The topological polar surface area (TPSA) is 54.0 Å². The van der Waals surface area contributed by atoms with Crippen LogP contribution in [-0.2, 0) is 6.42 Å². The molecule has 2 rings (SSSR count). The molecule has 2 N–H and O–H groups in total. The average molecular weight is 354 g/mol. The first-order valence-electron chi connectivity index (χ1n) is 7.16. The Morgan fingerprint density at radius 3 is 2.86 bits per heavy atom. The van der Waals surface area contributed by atoms with Gasteiger partial charge < -0.3 is 10.6 Å². The Labute approximate surface area is 143 Å². The summed E-state index contributed by atoms with van der Waals surface area (Å²) in [6, 6.07) is 0. The predicted molar refractivity (Wildman–Crippen MR) is 93.3 cm³/mol. The number of carbonyl (C=O) groups excluding carboxylic acids is 1. The second kappa shape index (κ2) is 10.4. The van der Waals surface area contributed by atoms with Crippen molar-refractivity contribution < 1.29 is 4.79 Å². The van der Waals surface area contributed by atoms with E-state index < -0.39 is 0 Å². The van der Waals surface area contributed by atoms with Gasteiger partial charge in [0, 0.05) is 6.54 Å². The molecule has 1 aliphatic rings. The van der Waals surface area contributed by atoms with Crippen LogP contribution in [0.3, 0.4) is 0 Å². The summed E-state index contributed by atoms with van der Waals surface area (Å²) in [5.41, 5.74) is 0.869. The molecule has 0 aliphatic carbocycles. The first-order chi connectivity index (χ1) is 9.20. The third-order valence-electron chi connectivity index (χ3n) is 3.51. The van der Waals surface area contributed by atoms with Gasteiger partial charge in [0.2, 0.25) is 0 Å². The van der Waals surface area contributed by atoms with Gasteiger partial charge in [-0.2, -0.15) is 0 Å². The van der Waals surface area contributed by atoms with Crippen LogP contribution >= 0.6 is 36.2 Å². The third-order valence-corrected chi connectivity index (χ3v) is 4.73. The molecule has 1 atom stereocenters. The second-order valence-electron chi connectivity index (χ2n) is 5.18. The van der Waals surface area contributed by atoms with Crippen molar-refractivity contribution in [1.82, 2.24) is 15.6 Å². The van der Waals surface area contributed by atoms with Crippen molar-refractivity contribution in [1.29, 1.82) is 0 Å². The summed E-state index contributed by atoms with van der Waals surface area (Å²) >= 11 is 1.54. The van der Waals surface area contributed by atoms with Crippen LogP contribution < -0.4 is 10.6 Å². The van der Waals surface area contributed by atoms with Crippen molar-refractivity contribution >= 4 is 42.1 Å². The number of thiazole rings is 1. The molecule has 0 spiro atoms. The summed E-state index contributed by atoms with van der Waals surface area (Å²) in [5.74, 6) is 0.766. The average Bonchev–Trinajstić information content (AvgIpc) is 2.99. The van der Waals surface area contributed by atoms with Gasteiger partial charge in [0.05, 0.1) is 10.7 Å². The van der Waals surface area contributed by atoms with Crippen molar-refractivity contribution in [3.05, 3.63) is 15.6 Å². The molecule has 1 aromatic heterocycles. The maximum atomic E-state index is 12.1. The molecular weight excluding hydrogens is 329 g/mol. The molecule has 1 aliphatic heterocycles. The van der Waals surface area contributed by atoms with Gasteiger partial charge in [0.1, 0.15) is 4.88 Å². The van der Waals surface area contributed by atoms with E-state index in [0.717, 1.165) is 60.4 Å². The lowest BCUT2D eigenvalue weighted by atomic mass is 10.1. The summed E-state index contributed by atoms with van der Waals surface area (Å²) in [6.45, 7) is 7.03. The zero-order chi connectivity index (χ0) is 13.7. The van der Waals surface area contributed by atoms with E-state index >= 15 is 0 Å². The molecule has 1 aromatic rings. The van der Waals surface area contributed by atoms with E-state index in [1.54, 1.807) is 0 Å². The first-order valence-corrected chi connectivity index (χ1v) is 7.97. The summed E-state index contributed by atoms with van der Waals surface area (Å²) in [7, 11) is 0. The Morgan fingerprint density at radius 1 is 1.48 bits per heavy atom. The fraction of sp³-hybridized carbons (Fsp3) is 0.714. The molecule has 1 saturated heterocycles. The molecule has 122 valence electrons. The van der Waals surface area contributed by atoms with E-state index in [9.17, 15) is 4.79 Å². The van der Waals surface area contributed by atoms with Crippen LogP contribution in [0.15, 0.2) is 0 Å². The number of nitrogens with zero attached hydrogens (tertiary/aromatic N) is 1. The maximum absolute atomic E-state index is 12.1. The molecule has 0 saturated carbocycles. The minimum atomic E-state index is 0. The van der Waals surface area contributed by atoms with Gasteiger partial charge in [0.25, 0.3) is 5.91 Å². The highest BCUT2D eigenvalue weighted by Gasteiger charge is 2.17. The third kappa shape index (κ3) is 6.10. The summed E-state index contributed by atoms with van der Waals surface area (Å²) in [5, 5.41) is 7.45. The van der Waals surface area contributed by atoms with Crippen LogP contribution in [0.25, 0.3) is 0 Å². The van der Waals surface area contributed by atoms with Crippen molar-refractivity contribution in [2.45, 2.75) is 39.5 Å². The normalized spacial score (nSPS) is 17.0. The molecule has 0 aromatic carbocycles. The highest BCUT2D eigenvalue weighted by atomic mass is 35.5.